The molecule has 3 aromatic carbocycles. The predicted octanol–water partition coefficient (Wildman–Crippen LogP) is 5.20. The lowest BCUT2D eigenvalue weighted by Crippen LogP contribution is -2.30. The normalized spacial score (nSPS) is 11.9. The second-order valence-electron chi connectivity index (χ2n) is 8.31. The predicted molar refractivity (Wildman–Crippen MR) is 142 cm³/mol. The van der Waals surface area contributed by atoms with Crippen molar-refractivity contribution < 1.29 is 23.5 Å². The van der Waals surface area contributed by atoms with Gasteiger partial charge in [0.15, 0.2) is 0 Å². The number of nitrogens with one attached hydrogen (secondary N) is 1. The molecule has 0 radical (unpaired) electrons. The molecule has 1 N–H and O–H groups in total. The maximum atomic E-state index is 12.7. The highest BCUT2D eigenvalue weighted by molar-refractivity contribution is 6.00. The molecule has 0 bridgehead atoms. The van der Waals surface area contributed by atoms with Gasteiger partial charge in [-0.2, -0.15) is 5.26 Å². The van der Waals surface area contributed by atoms with E-state index in [2.05, 4.69) is 5.32 Å². The third kappa shape index (κ3) is 6.15. The molecule has 0 fully saturated rings. The van der Waals surface area contributed by atoms with Crippen molar-refractivity contribution in [3.05, 3.63) is 112 Å². The van der Waals surface area contributed by atoms with Gasteiger partial charge in [0.2, 0.25) is 0 Å². The molecule has 0 aliphatic rings. The Bertz CT molecular complexity index is 1600. The van der Waals surface area contributed by atoms with E-state index in [0.29, 0.717) is 23.3 Å². The molecule has 4 rings (SSSR count). The van der Waals surface area contributed by atoms with Gasteiger partial charge in [-0.1, -0.05) is 42.5 Å². The van der Waals surface area contributed by atoms with Gasteiger partial charge in [-0.25, -0.2) is 9.59 Å². The zero-order valence-corrected chi connectivity index (χ0v) is 20.8. The van der Waals surface area contributed by atoms with Gasteiger partial charge in [0.1, 0.15) is 34.3 Å². The number of amides is 1. The molecule has 1 unspecified atom stereocenters. The van der Waals surface area contributed by atoms with E-state index in [1.807, 2.05) is 50.2 Å². The molecular weight excluding hydrogens is 484 g/mol. The van der Waals surface area contributed by atoms with Crippen molar-refractivity contribution in [2.24, 2.45) is 0 Å². The van der Waals surface area contributed by atoms with Crippen LogP contribution in [-0.4, -0.2) is 18.5 Å². The van der Waals surface area contributed by atoms with Crippen LogP contribution in [0.3, 0.4) is 0 Å². The van der Waals surface area contributed by atoms with Crippen LogP contribution in [0.5, 0.6) is 11.5 Å². The second-order valence-corrected chi connectivity index (χ2v) is 8.31. The fourth-order valence-electron chi connectivity index (χ4n) is 3.71. The number of nitriles is 1. The van der Waals surface area contributed by atoms with Crippen LogP contribution in [-0.2, 0) is 4.79 Å². The largest absolute Gasteiger partial charge is 0.494 e. The number of carbonyl (C=O) groups is 2. The van der Waals surface area contributed by atoms with Crippen LogP contribution in [0.4, 0.5) is 0 Å². The Kier molecular flexibility index (Phi) is 7.99. The molecular formula is C30H24N2O6. The lowest BCUT2D eigenvalue weighted by molar-refractivity contribution is -0.129. The molecule has 0 saturated heterocycles. The maximum Gasteiger partial charge on any atom is 0.354 e. The Balaban J connectivity index is 1.50. The number of carbonyl (C=O) groups excluding carboxylic acids is 2. The summed E-state index contributed by atoms with van der Waals surface area (Å²) in [5.41, 5.74) is 0.462. The van der Waals surface area contributed by atoms with Crippen LogP contribution in [0.1, 0.15) is 41.4 Å². The first-order valence-electron chi connectivity index (χ1n) is 11.9. The third-order valence-electron chi connectivity index (χ3n) is 5.65. The highest BCUT2D eigenvalue weighted by atomic mass is 16.5. The number of rotatable bonds is 8. The smallest absolute Gasteiger partial charge is 0.354 e. The van der Waals surface area contributed by atoms with Crippen LogP contribution >= 0.6 is 0 Å². The van der Waals surface area contributed by atoms with Crippen LogP contribution in [0, 0.1) is 11.3 Å². The molecule has 0 spiro atoms. The van der Waals surface area contributed by atoms with Crippen LogP contribution in [0.2, 0.25) is 0 Å². The molecule has 1 heterocycles. The molecule has 1 aromatic heterocycles. The molecule has 38 heavy (non-hydrogen) atoms. The fourth-order valence-corrected chi connectivity index (χ4v) is 3.71. The van der Waals surface area contributed by atoms with Gasteiger partial charge in [0.05, 0.1) is 12.6 Å². The summed E-state index contributed by atoms with van der Waals surface area (Å²) in [6.45, 7) is 4.22. The van der Waals surface area contributed by atoms with Crippen molar-refractivity contribution in [1.82, 2.24) is 5.32 Å². The highest BCUT2D eigenvalue weighted by Gasteiger charge is 2.18. The Morgan fingerprint density at radius 3 is 2.42 bits per heavy atom. The summed E-state index contributed by atoms with van der Waals surface area (Å²) in [4.78, 5) is 37.9. The van der Waals surface area contributed by atoms with Crippen molar-refractivity contribution in [1.29, 1.82) is 5.26 Å². The lowest BCUT2D eigenvalue weighted by Gasteiger charge is -2.14. The molecule has 4 aromatic rings. The van der Waals surface area contributed by atoms with E-state index in [9.17, 15) is 19.6 Å². The average Bonchev–Trinajstić information content (AvgIpc) is 2.92. The van der Waals surface area contributed by atoms with Crippen molar-refractivity contribution >= 4 is 28.9 Å². The van der Waals surface area contributed by atoms with Gasteiger partial charge < -0.3 is 19.2 Å². The molecule has 1 atom stereocenters. The molecule has 8 heteroatoms. The Morgan fingerprint density at radius 2 is 1.74 bits per heavy atom. The standard InChI is InChI=1S/C30H24N2O6/c1-3-36-24-12-9-20(10-13-24)15-23(18-31)29(34)37-25-14-11-22-16-26(30(35)38-27(22)17-25)28(33)32-19(2)21-7-5-4-6-8-21/h4-17,19H,3H2,1-2H3,(H,32,33)/b23-15+. The first-order chi connectivity index (χ1) is 18.4. The van der Waals surface area contributed by atoms with Crippen LogP contribution in [0.25, 0.3) is 17.0 Å². The molecule has 190 valence electrons. The summed E-state index contributed by atoms with van der Waals surface area (Å²) in [6.07, 6.45) is 1.40. The Labute approximate surface area is 218 Å². The lowest BCUT2D eigenvalue weighted by atomic mass is 10.1. The Hall–Kier alpha value is -5.16. The van der Waals surface area contributed by atoms with Crippen LogP contribution in [0.15, 0.2) is 93.6 Å². The summed E-state index contributed by atoms with van der Waals surface area (Å²) in [7, 11) is 0. The summed E-state index contributed by atoms with van der Waals surface area (Å²) >= 11 is 0. The van der Waals surface area contributed by atoms with E-state index >= 15 is 0 Å². The van der Waals surface area contributed by atoms with Crippen molar-refractivity contribution in [2.45, 2.75) is 19.9 Å². The molecule has 0 saturated carbocycles. The molecule has 0 aliphatic carbocycles. The number of esters is 1. The van der Waals surface area contributed by atoms with Gasteiger partial charge in [-0.3, -0.25) is 4.79 Å². The summed E-state index contributed by atoms with van der Waals surface area (Å²) < 4.78 is 16.1. The zero-order chi connectivity index (χ0) is 27.1. The van der Waals surface area contributed by atoms with Gasteiger partial charge in [0.25, 0.3) is 5.91 Å². The monoisotopic (exact) mass is 508 g/mol. The third-order valence-corrected chi connectivity index (χ3v) is 5.65. The first-order valence-corrected chi connectivity index (χ1v) is 11.9. The minimum absolute atomic E-state index is 0.0772. The van der Waals surface area contributed by atoms with Gasteiger partial charge in [-0.15, -0.1) is 0 Å². The number of hydrogen-bond donors (Lipinski definition) is 1. The topological polar surface area (TPSA) is 119 Å². The second kappa shape index (κ2) is 11.7. The Morgan fingerprint density at radius 1 is 1.03 bits per heavy atom. The zero-order valence-electron chi connectivity index (χ0n) is 20.8. The first kappa shape index (κ1) is 25.9. The van der Waals surface area contributed by atoms with E-state index in [-0.39, 0.29) is 28.5 Å². The number of ether oxygens (including phenoxy) is 2. The van der Waals surface area contributed by atoms with E-state index in [0.717, 1.165) is 5.56 Å². The number of hydrogen-bond acceptors (Lipinski definition) is 7. The number of fused-ring (bicyclic) bond motifs is 1. The summed E-state index contributed by atoms with van der Waals surface area (Å²) in [5.74, 6) is -0.678. The van der Waals surface area contributed by atoms with Gasteiger partial charge in [-0.05, 0) is 61.4 Å². The average molecular weight is 509 g/mol. The molecule has 8 nitrogen and oxygen atoms in total. The highest BCUT2D eigenvalue weighted by Crippen LogP contribution is 2.22. The minimum Gasteiger partial charge on any atom is -0.494 e. The van der Waals surface area contributed by atoms with E-state index in [1.165, 1.54) is 24.3 Å². The SMILES string of the molecule is CCOc1ccc(/C=C(\C#N)C(=O)Oc2ccc3cc(C(=O)NC(C)c4ccccc4)c(=O)oc3c2)cc1. The number of benzene rings is 3. The van der Waals surface area contributed by atoms with Gasteiger partial charge in [0, 0.05) is 11.5 Å². The van der Waals surface area contributed by atoms with E-state index in [1.54, 1.807) is 30.3 Å². The fraction of sp³-hybridized carbons (Fsp3) is 0.133. The van der Waals surface area contributed by atoms with Crippen molar-refractivity contribution in [3.8, 4) is 17.6 Å². The molecule has 0 aliphatic heterocycles. The van der Waals surface area contributed by atoms with Crippen molar-refractivity contribution in [3.63, 3.8) is 0 Å². The minimum atomic E-state index is -0.867. The van der Waals surface area contributed by atoms with E-state index in [4.69, 9.17) is 13.9 Å². The van der Waals surface area contributed by atoms with Crippen LogP contribution < -0.4 is 20.4 Å². The summed E-state index contributed by atoms with van der Waals surface area (Å²) in [6, 6.07) is 23.6. The quantitative estimate of drug-likeness (QED) is 0.114. The maximum absolute atomic E-state index is 12.7. The van der Waals surface area contributed by atoms with Crippen molar-refractivity contribution in [2.75, 3.05) is 6.61 Å². The summed E-state index contributed by atoms with van der Waals surface area (Å²) in [5, 5.41) is 12.7. The number of nitrogens with zero attached hydrogens (tertiary/aromatic N) is 1. The van der Waals surface area contributed by atoms with E-state index < -0.39 is 17.5 Å². The van der Waals surface area contributed by atoms with Gasteiger partial charge >= 0.3 is 11.6 Å². The molecule has 1 amide bonds.